The van der Waals surface area contributed by atoms with Gasteiger partial charge < -0.3 is 14.6 Å². The van der Waals surface area contributed by atoms with E-state index in [0.717, 1.165) is 17.9 Å². The van der Waals surface area contributed by atoms with E-state index in [-0.39, 0.29) is 17.4 Å². The van der Waals surface area contributed by atoms with Crippen LogP contribution in [0.3, 0.4) is 0 Å². The highest BCUT2D eigenvalue weighted by Crippen LogP contribution is 2.26. The second-order valence-corrected chi connectivity index (χ2v) is 6.20. The highest BCUT2D eigenvalue weighted by atomic mass is 16.5. The Bertz CT molecular complexity index is 782. The molecule has 5 nitrogen and oxygen atoms in total. The third kappa shape index (κ3) is 3.85. The number of ether oxygens (including phenoxy) is 1. The fourth-order valence-electron chi connectivity index (χ4n) is 2.99. The van der Waals surface area contributed by atoms with Gasteiger partial charge in [-0.25, -0.2) is 0 Å². The molecule has 0 saturated carbocycles. The summed E-state index contributed by atoms with van der Waals surface area (Å²) in [6, 6.07) is 13.1. The number of rotatable bonds is 5. The molecule has 1 amide bonds. The Hall–Kier alpha value is -2.56. The van der Waals surface area contributed by atoms with Gasteiger partial charge in [0.2, 0.25) is 5.91 Å². The minimum Gasteiger partial charge on any atom is -0.493 e. The van der Waals surface area contributed by atoms with E-state index in [9.17, 15) is 9.59 Å². The number of para-hydroxylation sites is 1. The van der Waals surface area contributed by atoms with Gasteiger partial charge in [0.05, 0.1) is 6.61 Å². The van der Waals surface area contributed by atoms with Crippen LogP contribution < -0.4 is 15.6 Å². The van der Waals surface area contributed by atoms with Crippen LogP contribution in [0.15, 0.2) is 47.3 Å². The van der Waals surface area contributed by atoms with E-state index in [1.165, 1.54) is 11.6 Å². The van der Waals surface area contributed by atoms with E-state index >= 15 is 0 Å². The largest absolute Gasteiger partial charge is 0.493 e. The summed E-state index contributed by atoms with van der Waals surface area (Å²) in [4.78, 5) is 23.8. The predicted octanol–water partition coefficient (Wildman–Crippen LogP) is 1.91. The van der Waals surface area contributed by atoms with Crippen LogP contribution in [0.25, 0.3) is 0 Å². The van der Waals surface area contributed by atoms with Crippen LogP contribution in [0.1, 0.15) is 17.7 Å². The highest BCUT2D eigenvalue weighted by Gasteiger charge is 2.19. The molecule has 0 bridgehead atoms. The molecule has 0 spiro atoms. The summed E-state index contributed by atoms with van der Waals surface area (Å²) < 4.78 is 7.36. The van der Waals surface area contributed by atoms with Crippen LogP contribution >= 0.6 is 0 Å². The van der Waals surface area contributed by atoms with Crippen molar-refractivity contribution in [3.8, 4) is 5.75 Å². The number of nitrogens with one attached hydrogen (secondary N) is 1. The van der Waals surface area contributed by atoms with Crippen LogP contribution in [0, 0.1) is 12.8 Å². The number of aromatic nitrogens is 1. The van der Waals surface area contributed by atoms with Crippen LogP contribution in [-0.4, -0.2) is 23.6 Å². The quantitative estimate of drug-likeness (QED) is 0.913. The van der Waals surface area contributed by atoms with E-state index in [1.807, 2.05) is 31.2 Å². The Labute approximate surface area is 141 Å². The molecule has 0 saturated heterocycles. The van der Waals surface area contributed by atoms with Crippen molar-refractivity contribution in [2.24, 2.45) is 5.92 Å². The van der Waals surface area contributed by atoms with E-state index in [2.05, 4.69) is 11.4 Å². The molecule has 0 aliphatic carbocycles. The van der Waals surface area contributed by atoms with Gasteiger partial charge in [0.25, 0.3) is 5.56 Å². The molecule has 1 aliphatic heterocycles. The molecule has 2 heterocycles. The monoisotopic (exact) mass is 326 g/mol. The predicted molar refractivity (Wildman–Crippen MR) is 92.2 cm³/mol. The van der Waals surface area contributed by atoms with Crippen LogP contribution in [0.4, 0.5) is 0 Å². The fraction of sp³-hybridized carbons (Fsp3) is 0.368. The van der Waals surface area contributed by atoms with Gasteiger partial charge in [-0.2, -0.15) is 0 Å². The molecular formula is C19H22N2O3. The zero-order chi connectivity index (χ0) is 16.9. The number of nitrogens with zero attached hydrogens (tertiary/aromatic N) is 1. The molecule has 1 N–H and O–H groups in total. The molecule has 1 atom stereocenters. The van der Waals surface area contributed by atoms with Gasteiger partial charge in [0.1, 0.15) is 5.75 Å². The summed E-state index contributed by atoms with van der Waals surface area (Å²) in [5.74, 6) is 1.19. The Kier molecular flexibility index (Phi) is 4.99. The lowest BCUT2D eigenvalue weighted by Gasteiger charge is -2.25. The van der Waals surface area contributed by atoms with Crippen molar-refractivity contribution in [3.05, 3.63) is 64.1 Å². The Morgan fingerprint density at radius 1 is 1.25 bits per heavy atom. The lowest BCUT2D eigenvalue weighted by Crippen LogP contribution is -2.35. The lowest BCUT2D eigenvalue weighted by atomic mass is 9.97. The number of aryl methyl sites for hydroxylation is 1. The van der Waals surface area contributed by atoms with E-state index in [1.54, 1.807) is 10.6 Å². The van der Waals surface area contributed by atoms with Gasteiger partial charge in [-0.3, -0.25) is 9.59 Å². The van der Waals surface area contributed by atoms with Gasteiger partial charge >= 0.3 is 0 Å². The molecule has 24 heavy (non-hydrogen) atoms. The van der Waals surface area contributed by atoms with Gasteiger partial charge in [-0.1, -0.05) is 24.3 Å². The first-order chi connectivity index (χ1) is 11.6. The average molecular weight is 326 g/mol. The number of amides is 1. The third-order valence-corrected chi connectivity index (χ3v) is 4.37. The molecule has 1 aromatic heterocycles. The molecule has 0 radical (unpaired) electrons. The number of pyridine rings is 1. The average Bonchev–Trinajstić information content (AvgIpc) is 2.59. The summed E-state index contributed by atoms with van der Waals surface area (Å²) in [6.45, 7) is 3.49. The fourth-order valence-corrected chi connectivity index (χ4v) is 2.99. The molecule has 3 rings (SSSR count). The first-order valence-corrected chi connectivity index (χ1v) is 8.27. The van der Waals surface area contributed by atoms with Gasteiger partial charge in [0.15, 0.2) is 0 Å². The van der Waals surface area contributed by atoms with Crippen molar-refractivity contribution in [1.82, 2.24) is 9.88 Å². The third-order valence-electron chi connectivity index (χ3n) is 4.37. The number of fused-ring (bicyclic) bond motifs is 1. The van der Waals surface area contributed by atoms with Gasteiger partial charge in [-0.15, -0.1) is 0 Å². The minimum atomic E-state index is -0.0694. The minimum absolute atomic E-state index is 0.0380. The Morgan fingerprint density at radius 3 is 2.92 bits per heavy atom. The van der Waals surface area contributed by atoms with Crippen molar-refractivity contribution in [3.63, 3.8) is 0 Å². The van der Waals surface area contributed by atoms with Crippen LogP contribution in [-0.2, 0) is 17.8 Å². The molecule has 2 aromatic rings. The first kappa shape index (κ1) is 16.3. The molecule has 1 aliphatic rings. The molecular weight excluding hydrogens is 304 g/mol. The maximum Gasteiger partial charge on any atom is 0.250 e. The summed E-state index contributed by atoms with van der Waals surface area (Å²) in [6.07, 6.45) is 1.21. The zero-order valence-electron chi connectivity index (χ0n) is 13.8. The summed E-state index contributed by atoms with van der Waals surface area (Å²) >= 11 is 0. The normalized spacial score (nSPS) is 16.1. The number of hydrogen-bond acceptors (Lipinski definition) is 3. The Balaban J connectivity index is 1.47. The molecule has 126 valence electrons. The smallest absolute Gasteiger partial charge is 0.250 e. The van der Waals surface area contributed by atoms with Crippen molar-refractivity contribution in [1.29, 1.82) is 0 Å². The molecule has 1 unspecified atom stereocenters. The van der Waals surface area contributed by atoms with Crippen LogP contribution in [0.5, 0.6) is 5.75 Å². The lowest BCUT2D eigenvalue weighted by molar-refractivity contribution is -0.121. The van der Waals surface area contributed by atoms with Crippen molar-refractivity contribution in [2.45, 2.75) is 26.3 Å². The number of carbonyl (C=O) groups excluding carboxylic acids is 1. The standard InChI is InChI=1S/C19H22N2O3/c1-14-5-4-8-19(23)21(14)10-9-18(22)20-12-15-11-16-6-2-3-7-17(16)24-13-15/h2-8,15H,9-13H2,1H3,(H,20,22). The van der Waals surface area contributed by atoms with E-state index < -0.39 is 0 Å². The second-order valence-electron chi connectivity index (χ2n) is 6.20. The number of benzene rings is 1. The Morgan fingerprint density at radius 2 is 2.08 bits per heavy atom. The zero-order valence-corrected chi connectivity index (χ0v) is 13.8. The molecule has 0 fully saturated rings. The maximum atomic E-state index is 12.1. The summed E-state index contributed by atoms with van der Waals surface area (Å²) in [5.41, 5.74) is 1.99. The first-order valence-electron chi connectivity index (χ1n) is 8.27. The van der Waals surface area contributed by atoms with Gasteiger partial charge in [0, 0.05) is 37.2 Å². The SMILES string of the molecule is Cc1cccc(=O)n1CCC(=O)NCC1COc2ccccc2C1. The molecule has 1 aromatic carbocycles. The maximum absolute atomic E-state index is 12.1. The second kappa shape index (κ2) is 7.34. The number of carbonyl (C=O) groups is 1. The summed E-state index contributed by atoms with van der Waals surface area (Å²) in [5, 5.41) is 2.96. The topological polar surface area (TPSA) is 60.3 Å². The van der Waals surface area contributed by atoms with E-state index in [4.69, 9.17) is 4.74 Å². The van der Waals surface area contributed by atoms with Crippen molar-refractivity contribution < 1.29 is 9.53 Å². The van der Waals surface area contributed by atoms with E-state index in [0.29, 0.717) is 26.1 Å². The van der Waals surface area contributed by atoms with Gasteiger partial charge in [-0.05, 0) is 31.0 Å². The summed E-state index contributed by atoms with van der Waals surface area (Å²) in [7, 11) is 0. The van der Waals surface area contributed by atoms with Crippen molar-refractivity contribution in [2.75, 3.05) is 13.2 Å². The van der Waals surface area contributed by atoms with Crippen molar-refractivity contribution >= 4 is 5.91 Å². The number of hydrogen-bond donors (Lipinski definition) is 1. The molecule has 5 heteroatoms. The van der Waals surface area contributed by atoms with Crippen LogP contribution in [0.2, 0.25) is 0 Å². The highest BCUT2D eigenvalue weighted by molar-refractivity contribution is 5.75.